The van der Waals surface area contributed by atoms with Crippen molar-refractivity contribution in [2.75, 3.05) is 26.3 Å². The number of benzene rings is 1. The summed E-state index contributed by atoms with van der Waals surface area (Å²) >= 11 is 0. The Kier molecular flexibility index (Phi) is 4.08. The van der Waals surface area contributed by atoms with E-state index >= 15 is 0 Å². The summed E-state index contributed by atoms with van der Waals surface area (Å²) in [6.45, 7) is 4.15. The van der Waals surface area contributed by atoms with Crippen molar-refractivity contribution in [2.45, 2.75) is 31.1 Å². The molecule has 0 radical (unpaired) electrons. The first-order chi connectivity index (χ1) is 10.1. The van der Waals surface area contributed by atoms with Crippen molar-refractivity contribution >= 4 is 10.0 Å². The lowest BCUT2D eigenvalue weighted by atomic mass is 10.3. The summed E-state index contributed by atoms with van der Waals surface area (Å²) in [4.78, 5) is 0.292. The fourth-order valence-electron chi connectivity index (χ4n) is 2.48. The molecule has 1 aromatic rings. The van der Waals surface area contributed by atoms with Gasteiger partial charge in [-0.05, 0) is 37.3 Å². The van der Waals surface area contributed by atoms with Crippen molar-refractivity contribution in [2.24, 2.45) is 5.92 Å². The molecule has 116 valence electrons. The number of nitrogens with zero attached hydrogens (tertiary/aromatic N) is 1. The second kappa shape index (κ2) is 5.85. The predicted octanol–water partition coefficient (Wildman–Crippen LogP) is 2.27. The fraction of sp³-hybridized carbons (Fsp3) is 0.600. The lowest BCUT2D eigenvalue weighted by molar-refractivity contribution is 0.171. The summed E-state index contributed by atoms with van der Waals surface area (Å²) in [7, 11) is -3.45. The second-order valence-electron chi connectivity index (χ2n) is 5.61. The molecule has 1 aliphatic carbocycles. The van der Waals surface area contributed by atoms with E-state index in [9.17, 15) is 8.42 Å². The van der Waals surface area contributed by atoms with Gasteiger partial charge in [-0.1, -0.05) is 6.92 Å². The second-order valence-corrected chi connectivity index (χ2v) is 7.55. The molecule has 0 aromatic heterocycles. The summed E-state index contributed by atoms with van der Waals surface area (Å²) in [6.07, 6.45) is 3.09. The molecule has 5 nitrogen and oxygen atoms in total. The van der Waals surface area contributed by atoms with Crippen LogP contribution in [-0.4, -0.2) is 39.0 Å². The Hall–Kier alpha value is -1.27. The first-order valence-electron chi connectivity index (χ1n) is 7.51. The third kappa shape index (κ3) is 3.16. The van der Waals surface area contributed by atoms with E-state index < -0.39 is 10.0 Å². The van der Waals surface area contributed by atoms with Crippen LogP contribution in [0.4, 0.5) is 0 Å². The molecule has 1 aliphatic heterocycles. The fourth-order valence-corrected chi connectivity index (χ4v) is 4.10. The number of hydrogen-bond donors (Lipinski definition) is 0. The molecule has 0 saturated heterocycles. The minimum atomic E-state index is -3.45. The zero-order valence-electron chi connectivity index (χ0n) is 12.2. The average Bonchev–Trinajstić information content (AvgIpc) is 3.30. The van der Waals surface area contributed by atoms with Crippen LogP contribution >= 0.6 is 0 Å². The van der Waals surface area contributed by atoms with Gasteiger partial charge in [0.25, 0.3) is 0 Å². The Balaban J connectivity index is 1.88. The highest BCUT2D eigenvalue weighted by atomic mass is 32.2. The lowest BCUT2D eigenvalue weighted by Crippen LogP contribution is -2.33. The largest absolute Gasteiger partial charge is 0.486 e. The minimum Gasteiger partial charge on any atom is -0.486 e. The highest BCUT2D eigenvalue weighted by Gasteiger charge is 2.31. The van der Waals surface area contributed by atoms with Crippen molar-refractivity contribution in [1.29, 1.82) is 0 Å². The summed E-state index contributed by atoms with van der Waals surface area (Å²) in [6, 6.07) is 4.88. The van der Waals surface area contributed by atoms with Crippen LogP contribution in [0.15, 0.2) is 23.1 Å². The molecule has 1 saturated carbocycles. The van der Waals surface area contributed by atoms with Crippen LogP contribution < -0.4 is 9.47 Å². The molecule has 21 heavy (non-hydrogen) atoms. The van der Waals surface area contributed by atoms with Gasteiger partial charge in [-0.3, -0.25) is 0 Å². The lowest BCUT2D eigenvalue weighted by Gasteiger charge is -2.23. The first-order valence-corrected chi connectivity index (χ1v) is 8.95. The highest BCUT2D eigenvalue weighted by Crippen LogP contribution is 2.35. The Morgan fingerprint density at radius 1 is 1.19 bits per heavy atom. The molecule has 2 aliphatic rings. The monoisotopic (exact) mass is 311 g/mol. The molecule has 0 amide bonds. The molecule has 0 unspecified atom stereocenters. The van der Waals surface area contributed by atoms with Gasteiger partial charge in [-0.2, -0.15) is 4.31 Å². The van der Waals surface area contributed by atoms with Crippen LogP contribution in [0, 0.1) is 5.92 Å². The van der Waals surface area contributed by atoms with E-state index in [-0.39, 0.29) is 0 Å². The number of rotatable bonds is 6. The Morgan fingerprint density at radius 3 is 2.57 bits per heavy atom. The van der Waals surface area contributed by atoms with Gasteiger partial charge in [-0.25, -0.2) is 8.42 Å². The third-order valence-electron chi connectivity index (χ3n) is 3.78. The maximum Gasteiger partial charge on any atom is 0.243 e. The normalized spacial score (nSPS) is 18.0. The topological polar surface area (TPSA) is 55.8 Å². The van der Waals surface area contributed by atoms with Gasteiger partial charge in [0, 0.05) is 19.2 Å². The van der Waals surface area contributed by atoms with E-state index in [0.717, 1.165) is 19.3 Å². The minimum absolute atomic E-state index is 0.292. The van der Waals surface area contributed by atoms with E-state index in [2.05, 4.69) is 0 Å². The molecule has 3 rings (SSSR count). The van der Waals surface area contributed by atoms with Crippen LogP contribution in [0.25, 0.3) is 0 Å². The van der Waals surface area contributed by atoms with Gasteiger partial charge in [0.1, 0.15) is 13.2 Å². The Labute approximate surface area is 125 Å². The van der Waals surface area contributed by atoms with Crippen molar-refractivity contribution in [1.82, 2.24) is 4.31 Å². The maximum absolute atomic E-state index is 12.8. The molecule has 1 fully saturated rings. The van der Waals surface area contributed by atoms with E-state index in [0.29, 0.717) is 48.6 Å². The van der Waals surface area contributed by atoms with Gasteiger partial charge in [0.2, 0.25) is 10.0 Å². The van der Waals surface area contributed by atoms with Gasteiger partial charge >= 0.3 is 0 Å². The van der Waals surface area contributed by atoms with Crippen LogP contribution in [-0.2, 0) is 10.0 Å². The van der Waals surface area contributed by atoms with Crippen LogP contribution in [0.1, 0.15) is 26.2 Å². The average molecular weight is 311 g/mol. The van der Waals surface area contributed by atoms with Crippen LogP contribution in [0.2, 0.25) is 0 Å². The zero-order valence-corrected chi connectivity index (χ0v) is 13.1. The van der Waals surface area contributed by atoms with E-state index in [1.165, 1.54) is 0 Å². The standard InChI is InChI=1S/C15H21NO4S/c1-2-7-16(11-12-3-4-12)21(17,18)13-5-6-14-15(10-13)20-9-8-19-14/h5-6,10,12H,2-4,7-9,11H2,1H3. The molecule has 0 atom stereocenters. The highest BCUT2D eigenvalue weighted by molar-refractivity contribution is 7.89. The van der Waals surface area contributed by atoms with E-state index in [1.807, 2.05) is 6.92 Å². The van der Waals surface area contributed by atoms with Crippen LogP contribution in [0.3, 0.4) is 0 Å². The summed E-state index contributed by atoms with van der Waals surface area (Å²) < 4.78 is 38.1. The molecular weight excluding hydrogens is 290 g/mol. The molecule has 1 aromatic carbocycles. The van der Waals surface area contributed by atoms with Crippen molar-refractivity contribution in [3.8, 4) is 11.5 Å². The van der Waals surface area contributed by atoms with Gasteiger partial charge in [-0.15, -0.1) is 0 Å². The SMILES string of the molecule is CCCN(CC1CC1)S(=O)(=O)c1ccc2c(c1)OCCO2. The van der Waals surface area contributed by atoms with E-state index in [4.69, 9.17) is 9.47 Å². The predicted molar refractivity (Wildman–Crippen MR) is 79.2 cm³/mol. The number of sulfonamides is 1. The van der Waals surface area contributed by atoms with Gasteiger partial charge in [0.05, 0.1) is 4.90 Å². The molecule has 0 N–H and O–H groups in total. The first kappa shape index (κ1) is 14.7. The molecule has 0 bridgehead atoms. The molecular formula is C15H21NO4S. The van der Waals surface area contributed by atoms with Crippen molar-refractivity contribution in [3.63, 3.8) is 0 Å². The van der Waals surface area contributed by atoms with Crippen molar-refractivity contribution < 1.29 is 17.9 Å². The quantitative estimate of drug-likeness (QED) is 0.809. The van der Waals surface area contributed by atoms with Gasteiger partial charge in [0.15, 0.2) is 11.5 Å². The number of ether oxygens (including phenoxy) is 2. The number of hydrogen-bond acceptors (Lipinski definition) is 4. The molecule has 0 spiro atoms. The molecule has 6 heteroatoms. The smallest absolute Gasteiger partial charge is 0.243 e. The van der Waals surface area contributed by atoms with Crippen molar-refractivity contribution in [3.05, 3.63) is 18.2 Å². The Bertz CT molecular complexity index is 610. The maximum atomic E-state index is 12.8. The molecule has 1 heterocycles. The third-order valence-corrected chi connectivity index (χ3v) is 5.64. The summed E-state index contributed by atoms with van der Waals surface area (Å²) in [5.41, 5.74) is 0. The summed E-state index contributed by atoms with van der Waals surface area (Å²) in [5.74, 6) is 1.66. The van der Waals surface area contributed by atoms with Crippen LogP contribution in [0.5, 0.6) is 11.5 Å². The van der Waals surface area contributed by atoms with E-state index in [1.54, 1.807) is 22.5 Å². The number of fused-ring (bicyclic) bond motifs is 1. The summed E-state index contributed by atoms with van der Waals surface area (Å²) in [5, 5.41) is 0. The van der Waals surface area contributed by atoms with Gasteiger partial charge < -0.3 is 9.47 Å². The Morgan fingerprint density at radius 2 is 1.90 bits per heavy atom. The zero-order chi connectivity index (χ0) is 14.9.